The summed E-state index contributed by atoms with van der Waals surface area (Å²) in [4.78, 5) is 49.9. The van der Waals surface area contributed by atoms with Crippen LogP contribution in [0, 0.1) is 6.92 Å². The Morgan fingerprint density at radius 1 is 1.21 bits per heavy atom. The Kier molecular flexibility index (Phi) is 5.51. The van der Waals surface area contributed by atoms with Crippen molar-refractivity contribution in [3.8, 4) is 0 Å². The van der Waals surface area contributed by atoms with E-state index in [1.807, 2.05) is 31.2 Å². The second-order valence-corrected chi connectivity index (χ2v) is 8.30. The minimum absolute atomic E-state index is 0.0240. The Morgan fingerprint density at radius 3 is 2.57 bits per heavy atom. The molecule has 0 unspecified atom stereocenters. The SMILES string of the molecule is Cc1c(C(=O)COC(=O)CCCN2C(=O)NC(C)(C)C2=O)sc2ccccc12. The standard InChI is InChI=1S/C20H22N2O5S/c1-12-13-7-4-5-8-15(13)28-17(12)14(23)11-27-16(24)9-6-10-22-18(25)20(2,3)21-19(22)26/h4-5,7-8H,6,9-11H2,1-3H3,(H,21,26). The van der Waals surface area contributed by atoms with Crippen molar-refractivity contribution >= 4 is 45.1 Å². The second kappa shape index (κ2) is 7.71. The van der Waals surface area contributed by atoms with E-state index >= 15 is 0 Å². The molecule has 0 bridgehead atoms. The fraction of sp³-hybridized carbons (Fsp3) is 0.400. The van der Waals surface area contributed by atoms with Crippen molar-refractivity contribution in [2.24, 2.45) is 0 Å². The van der Waals surface area contributed by atoms with Crippen LogP contribution in [0.25, 0.3) is 10.1 Å². The predicted octanol–water partition coefficient (Wildman–Crippen LogP) is 3.05. The van der Waals surface area contributed by atoms with Crippen LogP contribution in [-0.4, -0.2) is 47.3 Å². The number of nitrogens with zero attached hydrogens (tertiary/aromatic N) is 1. The van der Waals surface area contributed by atoms with Crippen molar-refractivity contribution < 1.29 is 23.9 Å². The van der Waals surface area contributed by atoms with E-state index in [4.69, 9.17) is 4.74 Å². The molecular weight excluding hydrogens is 380 g/mol. The molecule has 7 nitrogen and oxygen atoms in total. The predicted molar refractivity (Wildman–Crippen MR) is 105 cm³/mol. The number of carbonyl (C=O) groups excluding carboxylic acids is 4. The lowest BCUT2D eigenvalue weighted by atomic mass is 10.1. The molecule has 1 aliphatic heterocycles. The van der Waals surface area contributed by atoms with Gasteiger partial charge in [-0.05, 0) is 44.2 Å². The number of benzene rings is 1. The largest absolute Gasteiger partial charge is 0.457 e. The van der Waals surface area contributed by atoms with Gasteiger partial charge in [0.15, 0.2) is 6.61 Å². The van der Waals surface area contributed by atoms with Crippen molar-refractivity contribution in [1.29, 1.82) is 0 Å². The first-order valence-corrected chi connectivity index (χ1v) is 9.83. The number of fused-ring (bicyclic) bond motifs is 1. The van der Waals surface area contributed by atoms with E-state index in [1.165, 1.54) is 11.3 Å². The molecule has 0 spiro atoms. The fourth-order valence-electron chi connectivity index (χ4n) is 3.13. The van der Waals surface area contributed by atoms with Crippen LogP contribution in [0.1, 0.15) is 41.9 Å². The number of ether oxygens (including phenoxy) is 1. The van der Waals surface area contributed by atoms with Gasteiger partial charge in [0.1, 0.15) is 5.54 Å². The highest BCUT2D eigenvalue weighted by molar-refractivity contribution is 7.21. The zero-order chi connectivity index (χ0) is 20.5. The lowest BCUT2D eigenvalue weighted by Gasteiger charge is -2.15. The first-order chi connectivity index (χ1) is 13.2. The Morgan fingerprint density at radius 2 is 1.93 bits per heavy atom. The molecule has 1 aromatic carbocycles. The maximum atomic E-state index is 12.4. The monoisotopic (exact) mass is 402 g/mol. The second-order valence-electron chi connectivity index (χ2n) is 7.25. The summed E-state index contributed by atoms with van der Waals surface area (Å²) in [7, 11) is 0. The molecule has 3 rings (SSSR count). The van der Waals surface area contributed by atoms with Gasteiger partial charge in [0.25, 0.3) is 5.91 Å². The molecule has 148 valence electrons. The summed E-state index contributed by atoms with van der Waals surface area (Å²) in [5, 5.41) is 3.61. The number of ketones is 1. The first-order valence-electron chi connectivity index (χ1n) is 9.02. The van der Waals surface area contributed by atoms with E-state index in [0.717, 1.165) is 20.5 Å². The molecular formula is C20H22N2O5S. The number of amides is 3. The Bertz CT molecular complexity index is 963. The molecule has 1 saturated heterocycles. The van der Waals surface area contributed by atoms with Gasteiger partial charge in [0.2, 0.25) is 5.78 Å². The summed E-state index contributed by atoms with van der Waals surface area (Å²) in [5.74, 6) is -1.08. The Labute approximate surface area is 166 Å². The van der Waals surface area contributed by atoms with E-state index in [1.54, 1.807) is 13.8 Å². The minimum atomic E-state index is -0.924. The molecule has 28 heavy (non-hydrogen) atoms. The zero-order valence-corrected chi connectivity index (χ0v) is 16.9. The quantitative estimate of drug-likeness (QED) is 0.437. The number of hydrogen-bond acceptors (Lipinski definition) is 6. The van der Waals surface area contributed by atoms with Gasteiger partial charge in [-0.2, -0.15) is 0 Å². The Balaban J connectivity index is 1.48. The van der Waals surface area contributed by atoms with Gasteiger partial charge < -0.3 is 10.1 Å². The summed E-state index contributed by atoms with van der Waals surface area (Å²) < 4.78 is 6.10. The summed E-state index contributed by atoms with van der Waals surface area (Å²) in [6.45, 7) is 4.95. The molecule has 1 N–H and O–H groups in total. The number of carbonyl (C=O) groups is 4. The average Bonchev–Trinajstić information content (AvgIpc) is 3.08. The summed E-state index contributed by atoms with van der Waals surface area (Å²) >= 11 is 1.39. The van der Waals surface area contributed by atoms with E-state index in [9.17, 15) is 19.2 Å². The number of urea groups is 1. The number of imide groups is 1. The number of nitrogens with one attached hydrogen (secondary N) is 1. The zero-order valence-electron chi connectivity index (χ0n) is 16.0. The fourth-order valence-corrected chi connectivity index (χ4v) is 4.26. The highest BCUT2D eigenvalue weighted by Crippen LogP contribution is 2.30. The minimum Gasteiger partial charge on any atom is -0.457 e. The molecule has 0 radical (unpaired) electrons. The summed E-state index contributed by atoms with van der Waals surface area (Å²) in [6.07, 6.45) is 0.306. The van der Waals surface area contributed by atoms with Crippen LogP contribution >= 0.6 is 11.3 Å². The van der Waals surface area contributed by atoms with Crippen LogP contribution in [-0.2, 0) is 14.3 Å². The molecule has 3 amide bonds. The van der Waals surface area contributed by atoms with Crippen molar-refractivity contribution in [2.45, 2.75) is 39.2 Å². The molecule has 0 aliphatic carbocycles. The van der Waals surface area contributed by atoms with Gasteiger partial charge in [-0.15, -0.1) is 11.3 Å². The van der Waals surface area contributed by atoms with E-state index < -0.39 is 17.5 Å². The molecule has 2 aromatic rings. The molecule has 8 heteroatoms. The van der Waals surface area contributed by atoms with Gasteiger partial charge in [-0.3, -0.25) is 19.3 Å². The maximum absolute atomic E-state index is 12.4. The molecule has 1 fully saturated rings. The van der Waals surface area contributed by atoms with Crippen LogP contribution in [0.2, 0.25) is 0 Å². The smallest absolute Gasteiger partial charge is 0.325 e. The molecule has 1 aromatic heterocycles. The van der Waals surface area contributed by atoms with Crippen LogP contribution in [0.4, 0.5) is 4.79 Å². The number of thiophene rings is 1. The lowest BCUT2D eigenvalue weighted by Crippen LogP contribution is -2.40. The number of aryl methyl sites for hydroxylation is 1. The van der Waals surface area contributed by atoms with Crippen molar-refractivity contribution in [3.63, 3.8) is 0 Å². The number of hydrogen-bond donors (Lipinski definition) is 1. The van der Waals surface area contributed by atoms with Crippen LogP contribution in [0.3, 0.4) is 0 Å². The molecule has 2 heterocycles. The van der Waals surface area contributed by atoms with Gasteiger partial charge >= 0.3 is 12.0 Å². The number of Topliss-reactive ketones (excluding diaryl/α,β-unsaturated/α-hetero) is 1. The maximum Gasteiger partial charge on any atom is 0.325 e. The van der Waals surface area contributed by atoms with Crippen molar-refractivity contribution in [1.82, 2.24) is 10.2 Å². The number of esters is 1. The summed E-state index contributed by atoms with van der Waals surface area (Å²) in [6, 6.07) is 7.29. The third-order valence-corrected chi connectivity index (χ3v) is 5.98. The van der Waals surface area contributed by atoms with E-state index in [-0.39, 0.29) is 37.7 Å². The van der Waals surface area contributed by atoms with Crippen LogP contribution in [0.5, 0.6) is 0 Å². The van der Waals surface area contributed by atoms with Crippen molar-refractivity contribution in [2.75, 3.05) is 13.2 Å². The molecule has 0 saturated carbocycles. The average molecular weight is 402 g/mol. The van der Waals surface area contributed by atoms with Crippen molar-refractivity contribution in [3.05, 3.63) is 34.7 Å². The lowest BCUT2D eigenvalue weighted by molar-refractivity contribution is -0.143. The van der Waals surface area contributed by atoms with Gasteiger partial charge in [0.05, 0.1) is 4.88 Å². The topological polar surface area (TPSA) is 92.8 Å². The third kappa shape index (κ3) is 3.91. The third-order valence-electron chi connectivity index (χ3n) is 4.67. The highest BCUT2D eigenvalue weighted by atomic mass is 32.1. The Hall–Kier alpha value is -2.74. The van der Waals surface area contributed by atoms with Gasteiger partial charge in [-0.1, -0.05) is 18.2 Å². The van der Waals surface area contributed by atoms with Gasteiger partial charge in [0, 0.05) is 17.7 Å². The molecule has 1 aliphatic rings. The van der Waals surface area contributed by atoms with Crippen LogP contribution in [0.15, 0.2) is 24.3 Å². The van der Waals surface area contributed by atoms with Crippen LogP contribution < -0.4 is 5.32 Å². The van der Waals surface area contributed by atoms with E-state index in [2.05, 4.69) is 5.32 Å². The first kappa shape index (κ1) is 20.0. The summed E-state index contributed by atoms with van der Waals surface area (Å²) in [5.41, 5.74) is -0.0330. The van der Waals surface area contributed by atoms with Gasteiger partial charge in [-0.25, -0.2) is 4.79 Å². The number of rotatable bonds is 7. The normalized spacial score (nSPS) is 15.8. The van der Waals surface area contributed by atoms with E-state index in [0.29, 0.717) is 4.88 Å². The molecule has 0 atom stereocenters. The highest BCUT2D eigenvalue weighted by Gasteiger charge is 2.43.